The zero-order valence-electron chi connectivity index (χ0n) is 11.4. The van der Waals surface area contributed by atoms with Crippen molar-refractivity contribution in [3.8, 4) is 0 Å². The Kier molecular flexibility index (Phi) is 7.05. The van der Waals surface area contributed by atoms with Gasteiger partial charge in [0.2, 0.25) is 0 Å². The van der Waals surface area contributed by atoms with Crippen LogP contribution in [0.2, 0.25) is 5.02 Å². The molecule has 0 heterocycles. The van der Waals surface area contributed by atoms with Crippen LogP contribution in [0.25, 0.3) is 0 Å². The zero-order valence-corrected chi connectivity index (χ0v) is 13.8. The lowest BCUT2D eigenvalue weighted by Gasteiger charge is -2.26. The van der Waals surface area contributed by atoms with Gasteiger partial charge in [0.1, 0.15) is 0 Å². The summed E-state index contributed by atoms with van der Waals surface area (Å²) in [5.74, 6) is 0. The average Bonchev–Trinajstić information content (AvgIpc) is 2.34. The van der Waals surface area contributed by atoms with Crippen molar-refractivity contribution in [1.82, 2.24) is 4.90 Å². The molecule has 0 radical (unpaired) electrons. The molecule has 1 rings (SSSR count). The van der Waals surface area contributed by atoms with E-state index in [1.54, 1.807) is 0 Å². The van der Waals surface area contributed by atoms with Crippen LogP contribution in [-0.4, -0.2) is 38.6 Å². The smallest absolute Gasteiger partial charge is 0.0410 e. The highest BCUT2D eigenvalue weighted by Crippen LogP contribution is 2.26. The highest BCUT2D eigenvalue weighted by atomic mass is 79.9. The second-order valence-electron chi connectivity index (χ2n) is 4.64. The Labute approximate surface area is 124 Å². The molecule has 0 amide bonds. The molecule has 0 saturated heterocycles. The Morgan fingerprint density at radius 3 is 2.50 bits per heavy atom. The molecule has 0 saturated carbocycles. The van der Waals surface area contributed by atoms with E-state index < -0.39 is 0 Å². The van der Waals surface area contributed by atoms with Gasteiger partial charge in [0.25, 0.3) is 0 Å². The maximum atomic E-state index is 6.04. The van der Waals surface area contributed by atoms with Gasteiger partial charge < -0.3 is 9.80 Å². The van der Waals surface area contributed by atoms with E-state index in [9.17, 15) is 0 Å². The number of anilines is 1. The van der Waals surface area contributed by atoms with E-state index in [4.69, 9.17) is 11.6 Å². The van der Waals surface area contributed by atoms with Crippen molar-refractivity contribution < 1.29 is 0 Å². The van der Waals surface area contributed by atoms with Crippen molar-refractivity contribution in [2.75, 3.05) is 38.6 Å². The molecule has 0 unspecified atom stereocenters. The van der Waals surface area contributed by atoms with Gasteiger partial charge in [-0.05, 0) is 57.7 Å². The molecule has 1 aromatic rings. The van der Waals surface area contributed by atoms with Gasteiger partial charge in [0.05, 0.1) is 0 Å². The van der Waals surface area contributed by atoms with Gasteiger partial charge in [-0.3, -0.25) is 0 Å². The van der Waals surface area contributed by atoms with Gasteiger partial charge in [-0.25, -0.2) is 0 Å². The predicted molar refractivity (Wildman–Crippen MR) is 85.1 cm³/mol. The minimum atomic E-state index is 0.803. The summed E-state index contributed by atoms with van der Waals surface area (Å²) in [4.78, 5) is 4.64. The SMILES string of the molecule is CCN(CCCN(C)C)c1ccc(Cl)cc1CBr. The van der Waals surface area contributed by atoms with Gasteiger partial charge in [0, 0.05) is 29.1 Å². The molecule has 4 heteroatoms. The van der Waals surface area contributed by atoms with E-state index in [0.29, 0.717) is 0 Å². The standard InChI is InChI=1S/C14H22BrClN2/c1-4-18(9-5-8-17(2)3)14-7-6-13(16)10-12(14)11-15/h6-7,10H,4-5,8-9,11H2,1-3H3. The first-order valence-electron chi connectivity index (χ1n) is 6.32. The fourth-order valence-electron chi connectivity index (χ4n) is 2.00. The zero-order chi connectivity index (χ0) is 13.5. The number of hydrogen-bond donors (Lipinski definition) is 0. The van der Waals surface area contributed by atoms with Crippen LogP contribution in [-0.2, 0) is 5.33 Å². The lowest BCUT2D eigenvalue weighted by atomic mass is 10.1. The van der Waals surface area contributed by atoms with Crippen molar-refractivity contribution >= 4 is 33.2 Å². The molecule has 2 nitrogen and oxygen atoms in total. The van der Waals surface area contributed by atoms with Crippen LogP contribution in [0.3, 0.4) is 0 Å². The predicted octanol–water partition coefficient (Wildman–Crippen LogP) is 4.01. The highest BCUT2D eigenvalue weighted by Gasteiger charge is 2.09. The molecule has 0 aliphatic rings. The molecule has 1 aromatic carbocycles. The van der Waals surface area contributed by atoms with Crippen LogP contribution in [0.5, 0.6) is 0 Å². The van der Waals surface area contributed by atoms with E-state index in [1.807, 2.05) is 12.1 Å². The largest absolute Gasteiger partial charge is 0.372 e. The monoisotopic (exact) mass is 332 g/mol. The van der Waals surface area contributed by atoms with Crippen molar-refractivity contribution in [2.45, 2.75) is 18.7 Å². The lowest BCUT2D eigenvalue weighted by molar-refractivity contribution is 0.400. The first-order valence-corrected chi connectivity index (χ1v) is 7.82. The molecule has 0 bridgehead atoms. The summed E-state index contributed by atoms with van der Waals surface area (Å²) in [5.41, 5.74) is 2.55. The van der Waals surface area contributed by atoms with E-state index in [-0.39, 0.29) is 0 Å². The average molecular weight is 334 g/mol. The molecule has 102 valence electrons. The molecule has 0 aromatic heterocycles. The van der Waals surface area contributed by atoms with Crippen LogP contribution >= 0.6 is 27.5 Å². The highest BCUT2D eigenvalue weighted by molar-refractivity contribution is 9.08. The number of benzene rings is 1. The van der Waals surface area contributed by atoms with Gasteiger partial charge in [-0.15, -0.1) is 0 Å². The molecule has 18 heavy (non-hydrogen) atoms. The fourth-order valence-corrected chi connectivity index (χ4v) is 2.64. The Balaban J connectivity index is 2.75. The van der Waals surface area contributed by atoms with Crippen molar-refractivity contribution in [1.29, 1.82) is 0 Å². The van der Waals surface area contributed by atoms with E-state index in [1.165, 1.54) is 17.7 Å². The summed E-state index contributed by atoms with van der Waals surface area (Å²) >= 11 is 9.58. The third-order valence-electron chi connectivity index (χ3n) is 2.94. The molecular weight excluding hydrogens is 312 g/mol. The molecule has 0 atom stereocenters. The maximum absolute atomic E-state index is 6.04. The van der Waals surface area contributed by atoms with Crippen LogP contribution in [0.1, 0.15) is 18.9 Å². The Bertz CT molecular complexity index is 369. The van der Waals surface area contributed by atoms with E-state index in [0.717, 1.165) is 30.0 Å². The van der Waals surface area contributed by atoms with Crippen molar-refractivity contribution in [3.63, 3.8) is 0 Å². The number of halogens is 2. The summed E-state index contributed by atoms with van der Waals surface area (Å²) in [7, 11) is 4.23. The Morgan fingerprint density at radius 2 is 1.94 bits per heavy atom. The summed E-state index contributed by atoms with van der Waals surface area (Å²) in [6.07, 6.45) is 1.17. The van der Waals surface area contributed by atoms with Crippen molar-refractivity contribution in [2.24, 2.45) is 0 Å². The molecular formula is C14H22BrClN2. The first kappa shape index (κ1) is 15.8. The molecule has 0 aliphatic heterocycles. The molecule has 0 spiro atoms. The molecule has 0 aliphatic carbocycles. The summed E-state index contributed by atoms with van der Waals surface area (Å²) in [6.45, 7) is 5.42. The topological polar surface area (TPSA) is 6.48 Å². The van der Waals surface area contributed by atoms with Gasteiger partial charge >= 0.3 is 0 Å². The lowest BCUT2D eigenvalue weighted by Crippen LogP contribution is -2.27. The van der Waals surface area contributed by atoms with E-state index in [2.05, 4.69) is 52.8 Å². The maximum Gasteiger partial charge on any atom is 0.0410 e. The normalized spacial score (nSPS) is 11.0. The molecule has 0 fully saturated rings. The number of alkyl halides is 1. The summed E-state index contributed by atoms with van der Waals surface area (Å²) in [5, 5.41) is 1.64. The fraction of sp³-hybridized carbons (Fsp3) is 0.571. The second-order valence-corrected chi connectivity index (χ2v) is 5.64. The minimum Gasteiger partial charge on any atom is -0.372 e. The number of hydrogen-bond acceptors (Lipinski definition) is 2. The first-order chi connectivity index (χ1) is 8.58. The van der Waals surface area contributed by atoms with Gasteiger partial charge in [-0.2, -0.15) is 0 Å². The number of nitrogens with zero attached hydrogens (tertiary/aromatic N) is 2. The van der Waals surface area contributed by atoms with Crippen LogP contribution in [0.15, 0.2) is 18.2 Å². The van der Waals surface area contributed by atoms with Crippen molar-refractivity contribution in [3.05, 3.63) is 28.8 Å². The Hall–Kier alpha value is -0.250. The third kappa shape index (κ3) is 4.79. The number of rotatable bonds is 7. The quantitative estimate of drug-likeness (QED) is 0.696. The van der Waals surface area contributed by atoms with Crippen LogP contribution < -0.4 is 4.90 Å². The second kappa shape index (κ2) is 8.03. The van der Waals surface area contributed by atoms with Gasteiger partial charge in [-0.1, -0.05) is 27.5 Å². The van der Waals surface area contributed by atoms with Crippen LogP contribution in [0.4, 0.5) is 5.69 Å². The third-order valence-corrected chi connectivity index (χ3v) is 3.78. The van der Waals surface area contributed by atoms with Crippen LogP contribution in [0, 0.1) is 0 Å². The minimum absolute atomic E-state index is 0.803. The summed E-state index contributed by atoms with van der Waals surface area (Å²) in [6, 6.07) is 6.13. The summed E-state index contributed by atoms with van der Waals surface area (Å²) < 4.78 is 0. The van der Waals surface area contributed by atoms with Gasteiger partial charge in [0.15, 0.2) is 0 Å². The Morgan fingerprint density at radius 1 is 1.22 bits per heavy atom. The van der Waals surface area contributed by atoms with E-state index >= 15 is 0 Å². The molecule has 0 N–H and O–H groups in total.